The molecule has 1 amide bonds. The summed E-state index contributed by atoms with van der Waals surface area (Å²) in [6, 6.07) is 12.3. The molecule has 0 radical (unpaired) electrons. The van der Waals surface area contributed by atoms with Crippen LogP contribution in [0.1, 0.15) is 35.8 Å². The monoisotopic (exact) mass is 416 g/mol. The van der Waals surface area contributed by atoms with E-state index >= 15 is 0 Å². The van der Waals surface area contributed by atoms with Crippen LogP contribution in [-0.2, 0) is 12.7 Å². The summed E-state index contributed by atoms with van der Waals surface area (Å²) in [6.07, 6.45) is -2.10. The Labute approximate surface area is 172 Å². The molecule has 1 saturated heterocycles. The molecule has 0 atom stereocenters. The van der Waals surface area contributed by atoms with Gasteiger partial charge in [-0.05, 0) is 44.0 Å². The second-order valence-electron chi connectivity index (χ2n) is 7.47. The van der Waals surface area contributed by atoms with Gasteiger partial charge in [-0.2, -0.15) is 13.2 Å². The van der Waals surface area contributed by atoms with E-state index in [2.05, 4.69) is 10.3 Å². The predicted octanol–water partition coefficient (Wildman–Crippen LogP) is 4.47. The van der Waals surface area contributed by atoms with E-state index in [0.29, 0.717) is 44.0 Å². The Balaban J connectivity index is 1.39. The zero-order valence-electron chi connectivity index (χ0n) is 16.6. The summed E-state index contributed by atoms with van der Waals surface area (Å²) in [6.45, 7) is 3.97. The molecule has 0 unspecified atom stereocenters. The highest BCUT2D eigenvalue weighted by molar-refractivity contribution is 5.98. The molecule has 2 aromatic heterocycles. The first kappa shape index (κ1) is 20.3. The van der Waals surface area contributed by atoms with Crippen LogP contribution in [0.5, 0.6) is 0 Å². The Morgan fingerprint density at radius 1 is 1.17 bits per heavy atom. The fraction of sp³-hybridized carbons (Fsp3) is 0.364. The fourth-order valence-electron chi connectivity index (χ4n) is 3.99. The standard InChI is InChI=1S/C22H23F3N4O/c1-2-29-18-6-4-3-5-15(18)13-19(29)21(30)27-17-9-11-28(12-10-17)20-8-7-16(14-26-20)22(23,24)25/h3-8,13-14,17H,2,9-12H2,1H3,(H,27,30). The maximum Gasteiger partial charge on any atom is 0.417 e. The number of pyridine rings is 1. The topological polar surface area (TPSA) is 50.2 Å². The summed E-state index contributed by atoms with van der Waals surface area (Å²) < 4.78 is 40.1. The lowest BCUT2D eigenvalue weighted by Gasteiger charge is -2.33. The highest BCUT2D eigenvalue weighted by Crippen LogP contribution is 2.30. The third-order valence-corrected chi connectivity index (χ3v) is 5.59. The third-order valence-electron chi connectivity index (χ3n) is 5.59. The summed E-state index contributed by atoms with van der Waals surface area (Å²) in [4.78, 5) is 18.8. The minimum atomic E-state index is -4.39. The van der Waals surface area contributed by atoms with Crippen LogP contribution in [0.15, 0.2) is 48.7 Å². The number of nitrogens with zero attached hydrogens (tertiary/aromatic N) is 3. The van der Waals surface area contributed by atoms with E-state index in [0.717, 1.165) is 23.2 Å². The number of para-hydroxylation sites is 1. The van der Waals surface area contributed by atoms with E-state index in [1.807, 2.05) is 46.7 Å². The second kappa shape index (κ2) is 8.01. The van der Waals surface area contributed by atoms with Crippen LogP contribution in [0.4, 0.5) is 19.0 Å². The number of hydrogen-bond donors (Lipinski definition) is 1. The molecule has 1 N–H and O–H groups in total. The van der Waals surface area contributed by atoms with E-state index < -0.39 is 11.7 Å². The zero-order chi connectivity index (χ0) is 21.3. The second-order valence-corrected chi connectivity index (χ2v) is 7.47. The van der Waals surface area contributed by atoms with E-state index in [-0.39, 0.29) is 11.9 Å². The van der Waals surface area contributed by atoms with Gasteiger partial charge in [-0.25, -0.2) is 4.98 Å². The molecule has 0 aliphatic carbocycles. The number of aromatic nitrogens is 2. The van der Waals surface area contributed by atoms with Gasteiger partial charge < -0.3 is 14.8 Å². The zero-order valence-corrected chi connectivity index (χ0v) is 16.6. The Morgan fingerprint density at radius 3 is 2.53 bits per heavy atom. The first-order valence-electron chi connectivity index (χ1n) is 10.0. The molecule has 3 heterocycles. The molecule has 158 valence electrons. The molecule has 5 nitrogen and oxygen atoms in total. The minimum absolute atomic E-state index is 0.0199. The number of aryl methyl sites for hydroxylation is 1. The van der Waals surface area contributed by atoms with E-state index in [1.165, 1.54) is 6.07 Å². The predicted molar refractivity (Wildman–Crippen MR) is 110 cm³/mol. The molecule has 1 fully saturated rings. The molecule has 1 aliphatic heterocycles. The molecular formula is C22H23F3N4O. The molecule has 8 heteroatoms. The number of alkyl halides is 3. The third kappa shape index (κ3) is 3.99. The first-order chi connectivity index (χ1) is 14.4. The van der Waals surface area contributed by atoms with Gasteiger partial charge in [0.2, 0.25) is 0 Å². The van der Waals surface area contributed by atoms with E-state index in [4.69, 9.17) is 0 Å². The van der Waals surface area contributed by atoms with Crippen LogP contribution in [-0.4, -0.2) is 34.6 Å². The lowest BCUT2D eigenvalue weighted by atomic mass is 10.0. The van der Waals surface area contributed by atoms with Crippen molar-refractivity contribution in [2.75, 3.05) is 18.0 Å². The molecule has 0 bridgehead atoms. The van der Waals surface area contributed by atoms with Crippen molar-refractivity contribution in [2.24, 2.45) is 0 Å². The van der Waals surface area contributed by atoms with Crippen molar-refractivity contribution < 1.29 is 18.0 Å². The molecule has 0 saturated carbocycles. The summed E-state index contributed by atoms with van der Waals surface area (Å²) in [5, 5.41) is 4.15. The quantitative estimate of drug-likeness (QED) is 0.683. The SMILES string of the molecule is CCn1c(C(=O)NC2CCN(c3ccc(C(F)(F)F)cn3)CC2)cc2ccccc21. The van der Waals surface area contributed by atoms with Gasteiger partial charge in [-0.15, -0.1) is 0 Å². The number of rotatable bonds is 4. The molecule has 0 spiro atoms. The number of carbonyl (C=O) groups excluding carboxylic acids is 1. The summed E-state index contributed by atoms with van der Waals surface area (Å²) in [5.41, 5.74) is 0.929. The van der Waals surface area contributed by atoms with Crippen molar-refractivity contribution in [3.8, 4) is 0 Å². The van der Waals surface area contributed by atoms with Crippen molar-refractivity contribution in [3.63, 3.8) is 0 Å². The number of fused-ring (bicyclic) bond motifs is 1. The maximum absolute atomic E-state index is 12.9. The molecule has 30 heavy (non-hydrogen) atoms. The van der Waals surface area contributed by atoms with Gasteiger partial charge >= 0.3 is 6.18 Å². The van der Waals surface area contributed by atoms with Gasteiger partial charge in [0.1, 0.15) is 11.5 Å². The smallest absolute Gasteiger partial charge is 0.356 e. The van der Waals surface area contributed by atoms with Crippen LogP contribution in [0.2, 0.25) is 0 Å². The lowest BCUT2D eigenvalue weighted by molar-refractivity contribution is -0.137. The number of anilines is 1. The average Bonchev–Trinajstić information content (AvgIpc) is 3.13. The maximum atomic E-state index is 12.9. The summed E-state index contributed by atoms with van der Waals surface area (Å²) >= 11 is 0. The summed E-state index contributed by atoms with van der Waals surface area (Å²) in [5.74, 6) is 0.429. The van der Waals surface area contributed by atoms with E-state index in [1.54, 1.807) is 0 Å². The molecule has 1 aliphatic rings. The highest BCUT2D eigenvalue weighted by Gasteiger charge is 2.31. The van der Waals surface area contributed by atoms with Crippen LogP contribution in [0.25, 0.3) is 10.9 Å². The number of nitrogens with one attached hydrogen (secondary N) is 1. The number of halogens is 3. The largest absolute Gasteiger partial charge is 0.417 e. The highest BCUT2D eigenvalue weighted by atomic mass is 19.4. The fourth-order valence-corrected chi connectivity index (χ4v) is 3.99. The van der Waals surface area contributed by atoms with Crippen molar-refractivity contribution >= 4 is 22.6 Å². The van der Waals surface area contributed by atoms with Gasteiger partial charge in [0.15, 0.2) is 0 Å². The Bertz CT molecular complexity index is 1030. The van der Waals surface area contributed by atoms with Crippen LogP contribution >= 0.6 is 0 Å². The minimum Gasteiger partial charge on any atom is -0.356 e. The van der Waals surface area contributed by atoms with Gasteiger partial charge in [0.25, 0.3) is 5.91 Å². The Kier molecular flexibility index (Phi) is 5.40. The molecular weight excluding hydrogens is 393 g/mol. The van der Waals surface area contributed by atoms with Crippen molar-refractivity contribution in [3.05, 3.63) is 59.9 Å². The lowest BCUT2D eigenvalue weighted by Crippen LogP contribution is -2.45. The van der Waals surface area contributed by atoms with Crippen molar-refractivity contribution in [1.29, 1.82) is 0 Å². The van der Waals surface area contributed by atoms with Gasteiger partial charge in [0, 0.05) is 42.8 Å². The van der Waals surface area contributed by atoms with Crippen LogP contribution in [0, 0.1) is 0 Å². The molecule has 1 aromatic carbocycles. The molecule has 4 rings (SSSR count). The number of amides is 1. The summed E-state index contributed by atoms with van der Waals surface area (Å²) in [7, 11) is 0. The number of hydrogen-bond acceptors (Lipinski definition) is 3. The Morgan fingerprint density at radius 2 is 1.90 bits per heavy atom. The van der Waals surface area contributed by atoms with Crippen LogP contribution in [0.3, 0.4) is 0 Å². The van der Waals surface area contributed by atoms with Gasteiger partial charge in [0.05, 0.1) is 5.56 Å². The van der Waals surface area contributed by atoms with Crippen LogP contribution < -0.4 is 10.2 Å². The Hall–Kier alpha value is -3.03. The van der Waals surface area contributed by atoms with Gasteiger partial charge in [-0.3, -0.25) is 4.79 Å². The number of carbonyl (C=O) groups is 1. The van der Waals surface area contributed by atoms with Crippen molar-refractivity contribution in [1.82, 2.24) is 14.9 Å². The number of benzene rings is 1. The van der Waals surface area contributed by atoms with Gasteiger partial charge in [-0.1, -0.05) is 18.2 Å². The normalized spacial score (nSPS) is 15.5. The molecule has 3 aromatic rings. The van der Waals surface area contributed by atoms with Crippen molar-refractivity contribution in [2.45, 2.75) is 38.5 Å². The van der Waals surface area contributed by atoms with E-state index in [9.17, 15) is 18.0 Å². The number of piperidine rings is 1. The average molecular weight is 416 g/mol. The first-order valence-corrected chi connectivity index (χ1v) is 10.0.